The summed E-state index contributed by atoms with van der Waals surface area (Å²) in [7, 11) is 1.77. The van der Waals surface area contributed by atoms with Crippen LogP contribution in [0.2, 0.25) is 0 Å². The Morgan fingerprint density at radius 3 is 2.76 bits per heavy atom. The van der Waals surface area contributed by atoms with Crippen molar-refractivity contribution in [3.05, 3.63) is 28.8 Å². The lowest BCUT2D eigenvalue weighted by Gasteiger charge is -2.41. The Labute approximate surface area is 128 Å². The number of ether oxygens (including phenoxy) is 2. The van der Waals surface area contributed by atoms with Crippen LogP contribution >= 0.6 is 0 Å². The SMILES string of the molecule is CCc1cc(OC)c2c(c1)OC(C)(C)C1=C2CC(C)CC1. The second-order valence-corrected chi connectivity index (χ2v) is 6.94. The van der Waals surface area contributed by atoms with E-state index in [1.54, 1.807) is 7.11 Å². The van der Waals surface area contributed by atoms with Crippen LogP contribution in [0, 0.1) is 5.92 Å². The minimum atomic E-state index is -0.195. The number of methoxy groups -OCH3 is 1. The Kier molecular flexibility index (Phi) is 3.51. The summed E-state index contributed by atoms with van der Waals surface area (Å²) in [5, 5.41) is 0. The summed E-state index contributed by atoms with van der Waals surface area (Å²) < 4.78 is 12.1. The number of benzene rings is 1. The molecule has 1 unspecified atom stereocenters. The monoisotopic (exact) mass is 286 g/mol. The molecular weight excluding hydrogens is 260 g/mol. The predicted molar refractivity (Wildman–Crippen MR) is 87.0 cm³/mol. The Hall–Kier alpha value is -1.44. The van der Waals surface area contributed by atoms with Gasteiger partial charge in [-0.1, -0.05) is 13.8 Å². The Morgan fingerprint density at radius 2 is 2.10 bits per heavy atom. The second-order valence-electron chi connectivity index (χ2n) is 6.94. The maximum Gasteiger partial charge on any atom is 0.132 e. The van der Waals surface area contributed by atoms with Crippen molar-refractivity contribution >= 4 is 5.57 Å². The van der Waals surface area contributed by atoms with Gasteiger partial charge in [-0.05, 0) is 74.3 Å². The highest BCUT2D eigenvalue weighted by molar-refractivity contribution is 5.81. The molecule has 2 aliphatic rings. The zero-order chi connectivity index (χ0) is 15.2. The van der Waals surface area contributed by atoms with E-state index < -0.39 is 0 Å². The summed E-state index contributed by atoms with van der Waals surface area (Å²) in [5.74, 6) is 2.71. The van der Waals surface area contributed by atoms with Crippen LogP contribution in [0.4, 0.5) is 0 Å². The van der Waals surface area contributed by atoms with Crippen LogP contribution in [-0.2, 0) is 6.42 Å². The molecule has 0 amide bonds. The van der Waals surface area contributed by atoms with Crippen molar-refractivity contribution in [3.63, 3.8) is 0 Å². The van der Waals surface area contributed by atoms with Gasteiger partial charge in [-0.15, -0.1) is 0 Å². The van der Waals surface area contributed by atoms with Gasteiger partial charge in [0.05, 0.1) is 12.7 Å². The third kappa shape index (κ3) is 2.35. The van der Waals surface area contributed by atoms with Crippen molar-refractivity contribution < 1.29 is 9.47 Å². The molecule has 1 aromatic rings. The van der Waals surface area contributed by atoms with Crippen LogP contribution in [0.3, 0.4) is 0 Å². The predicted octanol–water partition coefficient (Wildman–Crippen LogP) is 5.00. The Bertz CT molecular complexity index is 596. The highest BCUT2D eigenvalue weighted by Crippen LogP contribution is 2.51. The first-order chi connectivity index (χ1) is 9.96. The summed E-state index contributed by atoms with van der Waals surface area (Å²) in [5.41, 5.74) is 5.22. The first kappa shape index (κ1) is 14.5. The van der Waals surface area contributed by atoms with Gasteiger partial charge in [-0.2, -0.15) is 0 Å². The fourth-order valence-electron chi connectivity index (χ4n) is 3.76. The maximum absolute atomic E-state index is 6.37. The standard InChI is InChI=1S/C19H26O2/c1-6-13-10-16(20-5)18-14-9-12(2)7-8-15(14)19(3,4)21-17(18)11-13/h10-12H,6-9H2,1-5H3. The van der Waals surface area contributed by atoms with Crippen molar-refractivity contribution in [2.24, 2.45) is 5.92 Å². The van der Waals surface area contributed by atoms with E-state index in [4.69, 9.17) is 9.47 Å². The van der Waals surface area contributed by atoms with Gasteiger partial charge < -0.3 is 9.47 Å². The topological polar surface area (TPSA) is 18.5 Å². The van der Waals surface area contributed by atoms with Crippen LogP contribution < -0.4 is 9.47 Å². The number of hydrogen-bond acceptors (Lipinski definition) is 2. The molecule has 1 heterocycles. The van der Waals surface area contributed by atoms with Gasteiger partial charge in [0.2, 0.25) is 0 Å². The van der Waals surface area contributed by atoms with Crippen LogP contribution in [0.25, 0.3) is 5.57 Å². The fraction of sp³-hybridized carbons (Fsp3) is 0.579. The van der Waals surface area contributed by atoms with Gasteiger partial charge in [-0.3, -0.25) is 0 Å². The van der Waals surface area contributed by atoms with E-state index in [1.807, 2.05) is 0 Å². The molecular formula is C19H26O2. The van der Waals surface area contributed by atoms with E-state index in [0.29, 0.717) is 0 Å². The first-order valence-electron chi connectivity index (χ1n) is 8.09. The van der Waals surface area contributed by atoms with Crippen LogP contribution in [0.5, 0.6) is 11.5 Å². The summed E-state index contributed by atoms with van der Waals surface area (Å²) in [4.78, 5) is 0. The van der Waals surface area contributed by atoms with E-state index in [1.165, 1.54) is 28.7 Å². The largest absolute Gasteiger partial charge is 0.496 e. The van der Waals surface area contributed by atoms with Crippen molar-refractivity contribution in [3.8, 4) is 11.5 Å². The summed E-state index contributed by atoms with van der Waals surface area (Å²) in [6.07, 6.45) is 4.53. The molecule has 0 fully saturated rings. The molecule has 1 aliphatic heterocycles. The van der Waals surface area contributed by atoms with E-state index in [0.717, 1.165) is 36.7 Å². The Morgan fingerprint density at radius 1 is 1.33 bits per heavy atom. The minimum Gasteiger partial charge on any atom is -0.496 e. The number of aryl methyl sites for hydroxylation is 1. The molecule has 0 bridgehead atoms. The van der Waals surface area contributed by atoms with E-state index in [-0.39, 0.29) is 5.60 Å². The lowest BCUT2D eigenvalue weighted by atomic mass is 9.74. The lowest BCUT2D eigenvalue weighted by molar-refractivity contribution is 0.135. The summed E-state index contributed by atoms with van der Waals surface area (Å²) in [6, 6.07) is 4.37. The van der Waals surface area contributed by atoms with E-state index in [2.05, 4.69) is 39.8 Å². The average Bonchev–Trinajstić information content (AvgIpc) is 2.44. The molecule has 1 aliphatic carbocycles. The highest BCUT2D eigenvalue weighted by Gasteiger charge is 2.38. The fourth-order valence-corrected chi connectivity index (χ4v) is 3.76. The molecule has 114 valence electrons. The average molecular weight is 286 g/mol. The molecule has 21 heavy (non-hydrogen) atoms. The molecule has 1 aromatic carbocycles. The first-order valence-corrected chi connectivity index (χ1v) is 8.09. The number of hydrogen-bond donors (Lipinski definition) is 0. The van der Waals surface area contributed by atoms with Gasteiger partial charge in [0.1, 0.15) is 17.1 Å². The van der Waals surface area contributed by atoms with E-state index in [9.17, 15) is 0 Å². The van der Waals surface area contributed by atoms with Gasteiger partial charge in [0.25, 0.3) is 0 Å². The Balaban J connectivity index is 2.23. The molecule has 0 aromatic heterocycles. The zero-order valence-corrected chi connectivity index (χ0v) is 13.9. The third-order valence-electron chi connectivity index (χ3n) is 4.95. The van der Waals surface area contributed by atoms with Gasteiger partial charge in [0, 0.05) is 0 Å². The normalized spacial score (nSPS) is 23.2. The van der Waals surface area contributed by atoms with Crippen molar-refractivity contribution in [2.45, 2.75) is 59.0 Å². The molecule has 2 nitrogen and oxygen atoms in total. The zero-order valence-electron chi connectivity index (χ0n) is 13.9. The number of allylic oxidation sites excluding steroid dienone is 1. The van der Waals surface area contributed by atoms with Crippen molar-refractivity contribution in [2.75, 3.05) is 7.11 Å². The third-order valence-corrected chi connectivity index (χ3v) is 4.95. The number of rotatable bonds is 2. The van der Waals surface area contributed by atoms with Gasteiger partial charge >= 0.3 is 0 Å². The maximum atomic E-state index is 6.37. The summed E-state index contributed by atoms with van der Waals surface area (Å²) in [6.45, 7) is 8.92. The molecule has 1 atom stereocenters. The van der Waals surface area contributed by atoms with Gasteiger partial charge in [-0.25, -0.2) is 0 Å². The lowest BCUT2D eigenvalue weighted by Crippen LogP contribution is -2.36. The molecule has 2 heteroatoms. The molecule has 0 radical (unpaired) electrons. The highest BCUT2D eigenvalue weighted by atomic mass is 16.5. The van der Waals surface area contributed by atoms with Crippen molar-refractivity contribution in [1.82, 2.24) is 0 Å². The van der Waals surface area contributed by atoms with Crippen LogP contribution in [-0.4, -0.2) is 12.7 Å². The summed E-state index contributed by atoms with van der Waals surface area (Å²) >= 11 is 0. The smallest absolute Gasteiger partial charge is 0.132 e. The molecule has 0 saturated carbocycles. The quantitative estimate of drug-likeness (QED) is 0.761. The van der Waals surface area contributed by atoms with Crippen molar-refractivity contribution in [1.29, 1.82) is 0 Å². The molecule has 0 N–H and O–H groups in total. The van der Waals surface area contributed by atoms with Crippen LogP contribution in [0.1, 0.15) is 58.1 Å². The molecule has 0 saturated heterocycles. The number of fused-ring (bicyclic) bond motifs is 2. The van der Waals surface area contributed by atoms with Gasteiger partial charge in [0.15, 0.2) is 0 Å². The molecule has 3 rings (SSSR count). The minimum absolute atomic E-state index is 0.195. The van der Waals surface area contributed by atoms with Crippen LogP contribution in [0.15, 0.2) is 17.7 Å². The second kappa shape index (κ2) is 5.08. The van der Waals surface area contributed by atoms with E-state index >= 15 is 0 Å². The molecule has 0 spiro atoms.